The van der Waals surface area contributed by atoms with E-state index in [1.165, 1.54) is 22.4 Å². The molecule has 1 aromatic carbocycles. The largest absolute Gasteiger partial charge is 0.352 e. The Morgan fingerprint density at radius 2 is 2.17 bits per heavy atom. The molecule has 2 N–H and O–H groups in total. The van der Waals surface area contributed by atoms with Gasteiger partial charge < -0.3 is 5.32 Å². The minimum absolute atomic E-state index is 0.225. The van der Waals surface area contributed by atoms with Crippen molar-refractivity contribution in [2.45, 2.75) is 63.3 Å². The Kier molecular flexibility index (Phi) is 3.91. The van der Waals surface area contributed by atoms with Crippen LogP contribution in [0.1, 0.15) is 54.5 Å². The van der Waals surface area contributed by atoms with Crippen LogP contribution < -0.4 is 5.32 Å². The normalized spacial score (nSPS) is 22.1. The summed E-state index contributed by atoms with van der Waals surface area (Å²) in [5, 5.41) is 10.6. The van der Waals surface area contributed by atoms with Crippen LogP contribution in [-0.4, -0.2) is 22.1 Å². The Morgan fingerprint density at radius 3 is 2.96 bits per heavy atom. The molecular formula is C20H25N3O. The molecule has 0 bridgehead atoms. The molecule has 0 aliphatic heterocycles. The summed E-state index contributed by atoms with van der Waals surface area (Å²) in [7, 11) is 0. The van der Waals surface area contributed by atoms with Crippen LogP contribution in [0.15, 0.2) is 30.5 Å². The third-order valence-corrected chi connectivity index (χ3v) is 5.81. The van der Waals surface area contributed by atoms with Crippen molar-refractivity contribution in [2.75, 3.05) is 0 Å². The van der Waals surface area contributed by atoms with Crippen molar-refractivity contribution < 1.29 is 4.79 Å². The van der Waals surface area contributed by atoms with E-state index in [0.717, 1.165) is 44.9 Å². The minimum atomic E-state index is -0.331. The fourth-order valence-electron chi connectivity index (χ4n) is 4.43. The van der Waals surface area contributed by atoms with Crippen LogP contribution in [0.4, 0.5) is 0 Å². The van der Waals surface area contributed by atoms with Gasteiger partial charge in [-0.05, 0) is 50.2 Å². The lowest BCUT2D eigenvalue weighted by molar-refractivity contribution is -0.127. The van der Waals surface area contributed by atoms with Gasteiger partial charge in [0.2, 0.25) is 5.91 Å². The number of aryl methyl sites for hydroxylation is 2. The number of hydrogen-bond donors (Lipinski definition) is 2. The predicted octanol–water partition coefficient (Wildman–Crippen LogP) is 3.20. The van der Waals surface area contributed by atoms with E-state index in [9.17, 15) is 4.79 Å². The summed E-state index contributed by atoms with van der Waals surface area (Å²) in [6.07, 6.45) is 8.96. The molecule has 4 nitrogen and oxygen atoms in total. The van der Waals surface area contributed by atoms with Gasteiger partial charge in [0.1, 0.15) is 0 Å². The smallest absolute Gasteiger partial charge is 0.230 e. The van der Waals surface area contributed by atoms with Crippen molar-refractivity contribution in [3.8, 4) is 0 Å². The zero-order valence-electron chi connectivity index (χ0n) is 14.3. The number of aromatic amines is 1. The van der Waals surface area contributed by atoms with Gasteiger partial charge in [0.25, 0.3) is 0 Å². The number of fused-ring (bicyclic) bond motifs is 1. The molecule has 1 fully saturated rings. The number of nitrogens with one attached hydrogen (secondary N) is 2. The molecule has 4 heteroatoms. The average molecular weight is 323 g/mol. The number of benzene rings is 1. The van der Waals surface area contributed by atoms with E-state index in [4.69, 9.17) is 0 Å². The van der Waals surface area contributed by atoms with Gasteiger partial charge >= 0.3 is 0 Å². The molecule has 126 valence electrons. The highest BCUT2D eigenvalue weighted by molar-refractivity contribution is 5.89. The zero-order chi connectivity index (χ0) is 16.6. The van der Waals surface area contributed by atoms with Gasteiger partial charge in [0.15, 0.2) is 0 Å². The predicted molar refractivity (Wildman–Crippen MR) is 93.9 cm³/mol. The van der Waals surface area contributed by atoms with E-state index in [1.807, 2.05) is 6.20 Å². The molecule has 0 saturated heterocycles. The molecule has 1 heterocycles. The zero-order valence-corrected chi connectivity index (χ0v) is 14.3. The molecule has 2 aromatic rings. The molecule has 0 spiro atoms. The highest BCUT2D eigenvalue weighted by Crippen LogP contribution is 2.42. The first-order valence-corrected chi connectivity index (χ1v) is 9.07. The van der Waals surface area contributed by atoms with Crippen LogP contribution in [0.3, 0.4) is 0 Å². The summed E-state index contributed by atoms with van der Waals surface area (Å²) in [5.41, 5.74) is 4.57. The first-order valence-electron chi connectivity index (χ1n) is 9.07. The van der Waals surface area contributed by atoms with E-state index in [-0.39, 0.29) is 17.4 Å². The van der Waals surface area contributed by atoms with Crippen LogP contribution in [0.2, 0.25) is 0 Å². The molecule has 4 rings (SSSR count). The summed E-state index contributed by atoms with van der Waals surface area (Å²) in [6, 6.07) is 8.74. The average Bonchev–Trinajstić information content (AvgIpc) is 3.24. The fourth-order valence-corrected chi connectivity index (χ4v) is 4.43. The Bertz CT molecular complexity index is 743. The SMILES string of the molecule is Cc1cccc(C2(C(=O)N[C@@H]3CCc4[nH]ncc4C3)CCCC2)c1. The van der Waals surface area contributed by atoms with Gasteiger partial charge in [-0.15, -0.1) is 0 Å². The lowest BCUT2D eigenvalue weighted by Gasteiger charge is -2.32. The van der Waals surface area contributed by atoms with Gasteiger partial charge in [-0.2, -0.15) is 5.10 Å². The highest BCUT2D eigenvalue weighted by Gasteiger charge is 2.43. The van der Waals surface area contributed by atoms with E-state index < -0.39 is 0 Å². The van der Waals surface area contributed by atoms with Gasteiger partial charge in [-0.3, -0.25) is 9.89 Å². The monoisotopic (exact) mass is 323 g/mol. The van der Waals surface area contributed by atoms with Crippen LogP contribution >= 0.6 is 0 Å². The molecule has 0 radical (unpaired) electrons. The standard InChI is InChI=1S/C20H25N3O/c1-14-5-4-6-16(11-14)20(9-2-3-10-20)19(24)22-17-7-8-18-15(12-17)13-21-23-18/h4-6,11,13,17H,2-3,7-10,12H2,1H3,(H,21,23)(H,22,24)/t17-/m1/s1. The number of carbonyl (C=O) groups excluding carboxylic acids is 1. The maximum absolute atomic E-state index is 13.3. The Morgan fingerprint density at radius 1 is 1.33 bits per heavy atom. The van der Waals surface area contributed by atoms with Crippen molar-refractivity contribution >= 4 is 5.91 Å². The number of nitrogens with zero attached hydrogens (tertiary/aromatic N) is 1. The van der Waals surface area contributed by atoms with Gasteiger partial charge in [0.05, 0.1) is 11.6 Å². The summed E-state index contributed by atoms with van der Waals surface area (Å²) in [5.74, 6) is 0.225. The number of aromatic nitrogens is 2. The summed E-state index contributed by atoms with van der Waals surface area (Å²) in [4.78, 5) is 13.3. The summed E-state index contributed by atoms with van der Waals surface area (Å²) in [6.45, 7) is 2.10. The molecular weight excluding hydrogens is 298 g/mol. The molecule has 1 aromatic heterocycles. The number of rotatable bonds is 3. The second-order valence-corrected chi connectivity index (χ2v) is 7.45. The van der Waals surface area contributed by atoms with Crippen molar-refractivity contribution in [1.29, 1.82) is 0 Å². The molecule has 1 atom stereocenters. The van der Waals surface area contributed by atoms with Gasteiger partial charge in [-0.1, -0.05) is 42.7 Å². The van der Waals surface area contributed by atoms with Crippen LogP contribution in [0.5, 0.6) is 0 Å². The van der Waals surface area contributed by atoms with Crippen molar-refractivity contribution in [3.63, 3.8) is 0 Å². The number of carbonyl (C=O) groups is 1. The third kappa shape index (κ3) is 2.64. The first kappa shape index (κ1) is 15.4. The van der Waals surface area contributed by atoms with Crippen molar-refractivity contribution in [2.24, 2.45) is 0 Å². The number of amides is 1. The lowest BCUT2D eigenvalue weighted by Crippen LogP contribution is -2.48. The fraction of sp³-hybridized carbons (Fsp3) is 0.500. The molecule has 24 heavy (non-hydrogen) atoms. The second kappa shape index (κ2) is 6.08. The van der Waals surface area contributed by atoms with Gasteiger partial charge in [0, 0.05) is 11.7 Å². The summed E-state index contributed by atoms with van der Waals surface area (Å²) >= 11 is 0. The molecule has 2 aliphatic carbocycles. The number of H-pyrrole nitrogens is 1. The quantitative estimate of drug-likeness (QED) is 0.911. The molecule has 1 saturated carbocycles. The van der Waals surface area contributed by atoms with E-state index in [0.29, 0.717) is 0 Å². The lowest BCUT2D eigenvalue weighted by atomic mass is 9.77. The minimum Gasteiger partial charge on any atom is -0.352 e. The molecule has 1 amide bonds. The van der Waals surface area contributed by atoms with Crippen LogP contribution in [0, 0.1) is 6.92 Å². The first-order chi connectivity index (χ1) is 11.7. The van der Waals surface area contributed by atoms with Crippen molar-refractivity contribution in [1.82, 2.24) is 15.5 Å². The van der Waals surface area contributed by atoms with Crippen LogP contribution in [0.25, 0.3) is 0 Å². The topological polar surface area (TPSA) is 57.8 Å². The van der Waals surface area contributed by atoms with Crippen LogP contribution in [-0.2, 0) is 23.1 Å². The van der Waals surface area contributed by atoms with Crippen molar-refractivity contribution in [3.05, 3.63) is 52.8 Å². The number of hydrogen-bond acceptors (Lipinski definition) is 2. The third-order valence-electron chi connectivity index (χ3n) is 5.81. The molecule has 0 unspecified atom stereocenters. The van der Waals surface area contributed by atoms with E-state index >= 15 is 0 Å². The second-order valence-electron chi connectivity index (χ2n) is 7.45. The summed E-state index contributed by atoms with van der Waals surface area (Å²) < 4.78 is 0. The van der Waals surface area contributed by atoms with Gasteiger partial charge in [-0.25, -0.2) is 0 Å². The highest BCUT2D eigenvalue weighted by atomic mass is 16.2. The maximum atomic E-state index is 13.3. The Labute approximate surface area is 143 Å². The Hall–Kier alpha value is -2.10. The maximum Gasteiger partial charge on any atom is 0.230 e. The molecule has 2 aliphatic rings. The van der Waals surface area contributed by atoms with E-state index in [2.05, 4.69) is 46.7 Å². The Balaban J connectivity index is 1.55. The van der Waals surface area contributed by atoms with E-state index in [1.54, 1.807) is 0 Å².